The molecule has 6 heteroatoms. The molecular weight excluding hydrogens is 332 g/mol. The lowest BCUT2D eigenvalue weighted by Gasteiger charge is -2.27. The van der Waals surface area contributed by atoms with Crippen LogP contribution in [0, 0.1) is 6.92 Å². The molecule has 3 aliphatic rings. The largest absolute Gasteiger partial charge is 0.358 e. The third kappa shape index (κ3) is 2.24. The Morgan fingerprint density at radius 2 is 2.16 bits per heavy atom. The highest BCUT2D eigenvalue weighted by molar-refractivity contribution is 8.18. The molecule has 0 radical (unpaired) electrons. The predicted molar refractivity (Wildman–Crippen MR) is 101 cm³/mol. The number of nitrogens with one attached hydrogen (secondary N) is 1. The van der Waals surface area contributed by atoms with Gasteiger partial charge in [0.1, 0.15) is 0 Å². The second-order valence-corrected chi connectivity index (χ2v) is 7.92. The molecule has 1 aromatic heterocycles. The molecule has 0 atom stereocenters. The van der Waals surface area contributed by atoms with E-state index in [9.17, 15) is 4.79 Å². The average Bonchev–Trinajstić information content (AvgIpc) is 3.28. The van der Waals surface area contributed by atoms with E-state index in [-0.39, 0.29) is 5.91 Å². The zero-order valence-electron chi connectivity index (χ0n) is 14.4. The maximum atomic E-state index is 13.1. The fourth-order valence-electron chi connectivity index (χ4n) is 3.96. The first kappa shape index (κ1) is 15.1. The third-order valence-electron chi connectivity index (χ3n) is 5.34. The average molecular weight is 352 g/mol. The lowest BCUT2D eigenvalue weighted by molar-refractivity contribution is -0.127. The van der Waals surface area contributed by atoms with Gasteiger partial charge in [-0.25, -0.2) is 0 Å². The van der Waals surface area contributed by atoms with E-state index in [1.165, 1.54) is 39.5 Å². The molecule has 0 spiro atoms. The van der Waals surface area contributed by atoms with Crippen LogP contribution < -0.4 is 0 Å². The number of nitrogens with zero attached hydrogens (tertiary/aromatic N) is 3. The minimum Gasteiger partial charge on any atom is -0.358 e. The Kier molecular flexibility index (Phi) is 3.25. The van der Waals surface area contributed by atoms with Gasteiger partial charge in [-0.05, 0) is 37.7 Å². The summed E-state index contributed by atoms with van der Waals surface area (Å²) in [5.41, 5.74) is 6.04. The number of hydrogen-bond acceptors (Lipinski definition) is 4. The molecule has 1 aromatic carbocycles. The van der Waals surface area contributed by atoms with Gasteiger partial charge in [0.2, 0.25) is 0 Å². The summed E-state index contributed by atoms with van der Waals surface area (Å²) >= 11 is 1.54. The number of carbonyl (C=O) groups excluding carboxylic acids is 1. The molecule has 1 amide bonds. The topological polar surface area (TPSA) is 51.7 Å². The van der Waals surface area contributed by atoms with Gasteiger partial charge >= 0.3 is 0 Å². The first-order valence-corrected chi connectivity index (χ1v) is 9.53. The number of aromatic amines is 1. The van der Waals surface area contributed by atoms with Crippen molar-refractivity contribution in [3.8, 4) is 0 Å². The fraction of sp³-hybridized carbons (Fsp3) is 0.368. The summed E-state index contributed by atoms with van der Waals surface area (Å²) in [6, 6.07) is 6.49. The molecule has 2 aromatic rings. The lowest BCUT2D eigenvalue weighted by atomic mass is 10.0. The Hall–Kier alpha value is -2.21. The number of thioether (sulfide) groups is 1. The molecule has 5 rings (SSSR count). The van der Waals surface area contributed by atoms with Gasteiger partial charge in [-0.15, -0.1) is 0 Å². The first-order valence-electron chi connectivity index (χ1n) is 8.72. The number of aryl methyl sites for hydroxylation is 1. The van der Waals surface area contributed by atoms with Crippen molar-refractivity contribution in [3.63, 3.8) is 0 Å². The molecule has 0 saturated heterocycles. The summed E-state index contributed by atoms with van der Waals surface area (Å²) in [6.07, 6.45) is 0.885. The molecule has 3 aliphatic heterocycles. The van der Waals surface area contributed by atoms with Crippen LogP contribution in [0.2, 0.25) is 0 Å². The van der Waals surface area contributed by atoms with E-state index in [0.29, 0.717) is 6.54 Å². The highest BCUT2D eigenvalue weighted by atomic mass is 32.2. The molecule has 5 nitrogen and oxygen atoms in total. The van der Waals surface area contributed by atoms with E-state index in [2.05, 4.69) is 40.0 Å². The fourth-order valence-corrected chi connectivity index (χ4v) is 5.11. The summed E-state index contributed by atoms with van der Waals surface area (Å²) in [4.78, 5) is 26.2. The van der Waals surface area contributed by atoms with Crippen molar-refractivity contribution in [1.82, 2.24) is 14.8 Å². The number of carbonyl (C=O) groups is 1. The number of amidine groups is 1. The number of benzene rings is 1. The molecule has 0 bridgehead atoms. The first-order chi connectivity index (χ1) is 12.1. The maximum absolute atomic E-state index is 13.1. The van der Waals surface area contributed by atoms with Gasteiger partial charge < -0.3 is 14.8 Å². The van der Waals surface area contributed by atoms with Crippen molar-refractivity contribution in [2.24, 2.45) is 4.99 Å². The lowest BCUT2D eigenvalue weighted by Crippen LogP contribution is -2.36. The molecule has 4 heterocycles. The van der Waals surface area contributed by atoms with Crippen molar-refractivity contribution >= 4 is 33.7 Å². The summed E-state index contributed by atoms with van der Waals surface area (Å²) in [5.74, 6) is 0.146. The standard InChI is InChI=1S/C19H20N4OS/c1-11-3-4-15-13(9-11)14-10-22(7-5-16(14)21-15)18(24)17-12(2)23-8-6-20-19(23)25-17/h3-4,9,21H,5-8,10H2,1-2H3. The van der Waals surface area contributed by atoms with Crippen LogP contribution in [0.25, 0.3) is 10.9 Å². The normalized spacial score (nSPS) is 19.5. The number of allylic oxidation sites excluding steroid dienone is 1. The number of aliphatic imine (C=N–C) groups is 1. The quantitative estimate of drug-likeness (QED) is 0.858. The number of amides is 1. The Balaban J connectivity index is 1.47. The highest BCUT2D eigenvalue weighted by Crippen LogP contribution is 2.38. The van der Waals surface area contributed by atoms with Crippen LogP contribution in [0.1, 0.15) is 23.7 Å². The monoisotopic (exact) mass is 352 g/mol. The third-order valence-corrected chi connectivity index (χ3v) is 6.55. The molecule has 25 heavy (non-hydrogen) atoms. The molecule has 0 aliphatic carbocycles. The minimum absolute atomic E-state index is 0.146. The molecule has 0 saturated carbocycles. The summed E-state index contributed by atoms with van der Waals surface area (Å²) in [6.45, 7) is 7.34. The van der Waals surface area contributed by atoms with Gasteiger partial charge in [0.25, 0.3) is 5.91 Å². The van der Waals surface area contributed by atoms with Crippen molar-refractivity contribution < 1.29 is 4.79 Å². The highest BCUT2D eigenvalue weighted by Gasteiger charge is 2.36. The van der Waals surface area contributed by atoms with Crippen molar-refractivity contribution in [2.45, 2.75) is 26.8 Å². The van der Waals surface area contributed by atoms with E-state index in [1.807, 2.05) is 11.8 Å². The molecular formula is C19H20N4OS. The Bertz CT molecular complexity index is 971. The predicted octanol–water partition coefficient (Wildman–Crippen LogP) is 3.01. The number of fused-ring (bicyclic) bond motifs is 4. The number of aromatic nitrogens is 1. The van der Waals surface area contributed by atoms with Crippen LogP contribution >= 0.6 is 11.8 Å². The van der Waals surface area contributed by atoms with E-state index in [0.717, 1.165) is 41.8 Å². The second-order valence-electron chi connectivity index (χ2n) is 6.94. The number of hydrogen-bond donors (Lipinski definition) is 1. The van der Waals surface area contributed by atoms with Crippen LogP contribution in [-0.2, 0) is 17.8 Å². The summed E-state index contributed by atoms with van der Waals surface area (Å²) in [5, 5.41) is 2.24. The van der Waals surface area contributed by atoms with Crippen LogP contribution in [0.15, 0.2) is 33.8 Å². The van der Waals surface area contributed by atoms with Crippen molar-refractivity contribution in [1.29, 1.82) is 0 Å². The Labute approximate surface area is 150 Å². The SMILES string of the molecule is CC1=C(C(=O)N2CCc3[nH]c4ccc(C)cc4c3C2)SC2=NCCN21. The Morgan fingerprint density at radius 3 is 3.00 bits per heavy atom. The molecule has 0 unspecified atom stereocenters. The minimum atomic E-state index is 0.146. The van der Waals surface area contributed by atoms with Crippen molar-refractivity contribution in [3.05, 3.63) is 45.6 Å². The Morgan fingerprint density at radius 1 is 1.28 bits per heavy atom. The molecule has 128 valence electrons. The van der Waals surface area contributed by atoms with Crippen LogP contribution in [0.4, 0.5) is 0 Å². The van der Waals surface area contributed by atoms with Gasteiger partial charge in [-0.3, -0.25) is 9.79 Å². The maximum Gasteiger partial charge on any atom is 0.262 e. The molecule has 0 fully saturated rings. The second kappa shape index (κ2) is 5.39. The van der Waals surface area contributed by atoms with E-state index in [4.69, 9.17) is 0 Å². The zero-order chi connectivity index (χ0) is 17.1. The van der Waals surface area contributed by atoms with Gasteiger partial charge in [0.05, 0.1) is 11.4 Å². The number of rotatable bonds is 1. The van der Waals surface area contributed by atoms with Crippen LogP contribution in [-0.4, -0.2) is 45.5 Å². The zero-order valence-corrected chi connectivity index (χ0v) is 15.2. The van der Waals surface area contributed by atoms with E-state index >= 15 is 0 Å². The van der Waals surface area contributed by atoms with Gasteiger partial charge in [0.15, 0.2) is 5.17 Å². The van der Waals surface area contributed by atoms with E-state index < -0.39 is 0 Å². The summed E-state index contributed by atoms with van der Waals surface area (Å²) in [7, 11) is 0. The van der Waals surface area contributed by atoms with Crippen LogP contribution in [0.5, 0.6) is 0 Å². The van der Waals surface area contributed by atoms with E-state index in [1.54, 1.807) is 0 Å². The summed E-state index contributed by atoms with van der Waals surface area (Å²) < 4.78 is 0. The smallest absolute Gasteiger partial charge is 0.262 e. The molecule has 1 N–H and O–H groups in total. The van der Waals surface area contributed by atoms with Gasteiger partial charge in [-0.1, -0.05) is 11.6 Å². The van der Waals surface area contributed by atoms with Gasteiger partial charge in [-0.2, -0.15) is 0 Å². The van der Waals surface area contributed by atoms with Gasteiger partial charge in [0, 0.05) is 53.9 Å². The van der Waals surface area contributed by atoms with Crippen molar-refractivity contribution in [2.75, 3.05) is 19.6 Å². The van der Waals surface area contributed by atoms with Crippen LogP contribution in [0.3, 0.4) is 0 Å². The number of H-pyrrole nitrogens is 1.